The molecule has 81 valence electrons. The highest BCUT2D eigenvalue weighted by atomic mass is 16.7. The monoisotopic (exact) mass is 199 g/mol. The average Bonchev–Trinajstić information content (AvgIpc) is 2.65. The summed E-state index contributed by atoms with van der Waals surface area (Å²) in [6.45, 7) is 4.17. The zero-order chi connectivity index (χ0) is 10.2. The predicted octanol–water partition coefficient (Wildman–Crippen LogP) is 3.09. The van der Waals surface area contributed by atoms with Crippen LogP contribution in [0.1, 0.15) is 44.9 Å². The molecule has 0 unspecified atom stereocenters. The van der Waals surface area contributed by atoms with Crippen molar-refractivity contribution in [1.29, 1.82) is 0 Å². The second kappa shape index (κ2) is 6.68. The molecule has 0 aromatic carbocycles. The molecule has 0 aliphatic heterocycles. The number of carbonyl (C=O) groups excluding carboxylic acids is 1. The van der Waals surface area contributed by atoms with Crippen LogP contribution in [0.3, 0.4) is 0 Å². The van der Waals surface area contributed by atoms with Crippen molar-refractivity contribution in [3.63, 3.8) is 0 Å². The number of hydrogen-bond donors (Lipinski definition) is 0. The van der Waals surface area contributed by atoms with E-state index in [0.717, 1.165) is 32.1 Å². The van der Waals surface area contributed by atoms with Crippen LogP contribution in [0.15, 0.2) is 0 Å². The fourth-order valence-corrected chi connectivity index (χ4v) is 1.61. The lowest BCUT2D eigenvalue weighted by atomic mass is 10.3. The summed E-state index contributed by atoms with van der Waals surface area (Å²) >= 11 is 0. The Morgan fingerprint density at radius 2 is 2.00 bits per heavy atom. The Hall–Kier alpha value is -0.730. The van der Waals surface area contributed by atoms with Crippen LogP contribution in [0.5, 0.6) is 0 Å². The minimum atomic E-state index is -0.499. The van der Waals surface area contributed by atoms with Crippen LogP contribution >= 0.6 is 0 Å². The molecule has 0 spiro atoms. The third kappa shape index (κ3) is 4.49. The molecule has 1 radical (unpaired) electrons. The first-order valence-corrected chi connectivity index (χ1v) is 5.45. The van der Waals surface area contributed by atoms with Crippen molar-refractivity contribution in [3.8, 4) is 0 Å². The molecule has 1 rings (SSSR count). The molecule has 0 bridgehead atoms. The van der Waals surface area contributed by atoms with Crippen LogP contribution in [0.4, 0.5) is 4.79 Å². The summed E-state index contributed by atoms with van der Waals surface area (Å²) in [4.78, 5) is 11.1. The highest BCUT2D eigenvalue weighted by Gasteiger charge is 2.19. The Morgan fingerprint density at radius 1 is 1.29 bits per heavy atom. The van der Waals surface area contributed by atoms with Gasteiger partial charge in [-0.2, -0.15) is 0 Å². The SMILES string of the molecule is [CH2]CCCCOC(=O)OC1CCCC1. The second-order valence-corrected chi connectivity index (χ2v) is 3.68. The molecule has 3 heteroatoms. The van der Waals surface area contributed by atoms with Gasteiger partial charge in [-0.05, 0) is 32.1 Å². The molecule has 0 aromatic rings. The van der Waals surface area contributed by atoms with Gasteiger partial charge in [0.15, 0.2) is 0 Å². The Bertz CT molecular complexity index is 162. The van der Waals surface area contributed by atoms with Gasteiger partial charge in [-0.3, -0.25) is 0 Å². The van der Waals surface area contributed by atoms with Crippen molar-refractivity contribution >= 4 is 6.16 Å². The summed E-state index contributed by atoms with van der Waals surface area (Å²) < 4.78 is 10.0. The first-order chi connectivity index (χ1) is 6.83. The van der Waals surface area contributed by atoms with E-state index in [1.807, 2.05) is 0 Å². The second-order valence-electron chi connectivity index (χ2n) is 3.68. The summed E-state index contributed by atoms with van der Waals surface area (Å²) in [5, 5.41) is 0. The van der Waals surface area contributed by atoms with E-state index < -0.39 is 6.16 Å². The minimum absolute atomic E-state index is 0.107. The van der Waals surface area contributed by atoms with Gasteiger partial charge in [0.2, 0.25) is 0 Å². The molecule has 0 atom stereocenters. The normalized spacial score (nSPS) is 16.9. The smallest absolute Gasteiger partial charge is 0.434 e. The summed E-state index contributed by atoms with van der Waals surface area (Å²) in [6, 6.07) is 0. The van der Waals surface area contributed by atoms with Crippen molar-refractivity contribution in [2.45, 2.75) is 51.0 Å². The fourth-order valence-electron chi connectivity index (χ4n) is 1.61. The van der Waals surface area contributed by atoms with Gasteiger partial charge in [0.1, 0.15) is 6.10 Å². The molecule has 0 heterocycles. The zero-order valence-corrected chi connectivity index (χ0v) is 8.67. The van der Waals surface area contributed by atoms with Gasteiger partial charge in [0, 0.05) is 0 Å². The van der Waals surface area contributed by atoms with E-state index in [-0.39, 0.29) is 6.10 Å². The molecule has 0 aromatic heterocycles. The van der Waals surface area contributed by atoms with Crippen LogP contribution < -0.4 is 0 Å². The van der Waals surface area contributed by atoms with Gasteiger partial charge >= 0.3 is 6.16 Å². The molecule has 1 aliphatic rings. The maximum Gasteiger partial charge on any atom is 0.508 e. The molecular formula is C11H19O3. The number of unbranched alkanes of at least 4 members (excludes halogenated alkanes) is 2. The average molecular weight is 199 g/mol. The van der Waals surface area contributed by atoms with E-state index in [4.69, 9.17) is 9.47 Å². The number of rotatable bonds is 5. The standard InChI is InChI=1S/C11H19O3/c1-2-3-6-9-13-11(12)14-10-7-4-5-8-10/h10H,1-9H2. The highest BCUT2D eigenvalue weighted by molar-refractivity contribution is 5.60. The number of carbonyl (C=O) groups is 1. The van der Waals surface area contributed by atoms with Crippen LogP contribution in [0.2, 0.25) is 0 Å². The molecule has 1 fully saturated rings. The largest absolute Gasteiger partial charge is 0.508 e. The maximum atomic E-state index is 11.1. The molecule has 0 amide bonds. The van der Waals surface area contributed by atoms with Crippen molar-refractivity contribution in [2.75, 3.05) is 6.61 Å². The minimum Gasteiger partial charge on any atom is -0.434 e. The van der Waals surface area contributed by atoms with Crippen molar-refractivity contribution in [3.05, 3.63) is 6.92 Å². The lowest BCUT2D eigenvalue weighted by Crippen LogP contribution is -2.16. The summed E-state index contributed by atoms with van der Waals surface area (Å²) in [5.41, 5.74) is 0. The summed E-state index contributed by atoms with van der Waals surface area (Å²) in [5.74, 6) is 0. The van der Waals surface area contributed by atoms with Gasteiger partial charge in [-0.15, -0.1) is 0 Å². The van der Waals surface area contributed by atoms with Crippen molar-refractivity contribution < 1.29 is 14.3 Å². The van der Waals surface area contributed by atoms with E-state index in [0.29, 0.717) is 6.61 Å². The Balaban J connectivity index is 1.98. The van der Waals surface area contributed by atoms with Gasteiger partial charge < -0.3 is 9.47 Å². The molecule has 0 N–H and O–H groups in total. The lowest BCUT2D eigenvalue weighted by molar-refractivity contribution is 0.0250. The van der Waals surface area contributed by atoms with Gasteiger partial charge in [0.05, 0.1) is 6.61 Å². The summed E-state index contributed by atoms with van der Waals surface area (Å²) in [6.07, 6.45) is 6.69. The van der Waals surface area contributed by atoms with E-state index in [1.54, 1.807) is 0 Å². The van der Waals surface area contributed by atoms with Crippen LogP contribution in [0, 0.1) is 6.92 Å². The molecule has 1 saturated carbocycles. The summed E-state index contributed by atoms with van der Waals surface area (Å²) in [7, 11) is 0. The lowest BCUT2D eigenvalue weighted by Gasteiger charge is -2.10. The predicted molar refractivity (Wildman–Crippen MR) is 53.9 cm³/mol. The van der Waals surface area contributed by atoms with Crippen LogP contribution in [-0.4, -0.2) is 18.9 Å². The zero-order valence-electron chi connectivity index (χ0n) is 8.67. The van der Waals surface area contributed by atoms with E-state index >= 15 is 0 Å². The molecule has 14 heavy (non-hydrogen) atoms. The molecular weight excluding hydrogens is 180 g/mol. The molecule has 0 saturated heterocycles. The molecule has 1 aliphatic carbocycles. The van der Waals surface area contributed by atoms with Crippen molar-refractivity contribution in [1.82, 2.24) is 0 Å². The third-order valence-electron chi connectivity index (χ3n) is 2.43. The Morgan fingerprint density at radius 3 is 2.64 bits per heavy atom. The quantitative estimate of drug-likeness (QED) is 0.504. The highest BCUT2D eigenvalue weighted by Crippen LogP contribution is 2.21. The van der Waals surface area contributed by atoms with Crippen LogP contribution in [-0.2, 0) is 9.47 Å². The Kier molecular flexibility index (Phi) is 5.42. The first-order valence-electron chi connectivity index (χ1n) is 5.45. The van der Waals surface area contributed by atoms with Gasteiger partial charge in [0.25, 0.3) is 0 Å². The fraction of sp³-hybridized carbons (Fsp3) is 0.818. The van der Waals surface area contributed by atoms with Gasteiger partial charge in [-0.25, -0.2) is 4.79 Å². The number of ether oxygens (including phenoxy) is 2. The first kappa shape index (κ1) is 11.3. The van der Waals surface area contributed by atoms with E-state index in [1.165, 1.54) is 12.8 Å². The van der Waals surface area contributed by atoms with E-state index in [2.05, 4.69) is 6.92 Å². The number of hydrogen-bond acceptors (Lipinski definition) is 3. The van der Waals surface area contributed by atoms with Crippen LogP contribution in [0.25, 0.3) is 0 Å². The third-order valence-corrected chi connectivity index (χ3v) is 2.43. The maximum absolute atomic E-state index is 11.1. The molecule has 3 nitrogen and oxygen atoms in total. The topological polar surface area (TPSA) is 35.5 Å². The van der Waals surface area contributed by atoms with Crippen molar-refractivity contribution in [2.24, 2.45) is 0 Å². The Labute approximate surface area is 85.8 Å². The van der Waals surface area contributed by atoms with E-state index in [9.17, 15) is 4.79 Å². The van der Waals surface area contributed by atoms with Gasteiger partial charge in [-0.1, -0.05) is 19.8 Å².